The summed E-state index contributed by atoms with van der Waals surface area (Å²) < 4.78 is 6.45. The average Bonchev–Trinajstić information content (AvgIpc) is 2.58. The van der Waals surface area contributed by atoms with Crippen molar-refractivity contribution in [2.75, 3.05) is 0 Å². The number of hydrogen-bond donors (Lipinski definition) is 2. The monoisotopic (exact) mass is 311 g/mol. The van der Waals surface area contributed by atoms with Crippen LogP contribution in [0.2, 0.25) is 0 Å². The molecular formula is C20H25NO2. The third-order valence-electron chi connectivity index (χ3n) is 5.36. The highest BCUT2D eigenvalue weighted by molar-refractivity contribution is 5.58. The van der Waals surface area contributed by atoms with Crippen LogP contribution in [0, 0.1) is 20.8 Å². The first-order chi connectivity index (χ1) is 10.8. The van der Waals surface area contributed by atoms with Gasteiger partial charge in [-0.2, -0.15) is 0 Å². The van der Waals surface area contributed by atoms with E-state index in [4.69, 9.17) is 10.5 Å². The highest BCUT2D eigenvalue weighted by Crippen LogP contribution is 2.45. The molecule has 122 valence electrons. The minimum atomic E-state index is -0.449. The van der Waals surface area contributed by atoms with Crippen molar-refractivity contribution in [1.82, 2.24) is 0 Å². The Morgan fingerprint density at radius 2 is 1.74 bits per heavy atom. The summed E-state index contributed by atoms with van der Waals surface area (Å²) in [7, 11) is 0. The van der Waals surface area contributed by atoms with Crippen molar-refractivity contribution in [3.05, 3.63) is 58.1 Å². The Hall–Kier alpha value is -2.00. The molecule has 0 fully saturated rings. The van der Waals surface area contributed by atoms with E-state index in [0.29, 0.717) is 5.75 Å². The number of fused-ring (bicyclic) bond motifs is 1. The summed E-state index contributed by atoms with van der Waals surface area (Å²) in [6.45, 7) is 7.99. The maximum atomic E-state index is 10.3. The van der Waals surface area contributed by atoms with Crippen LogP contribution in [0.25, 0.3) is 0 Å². The number of phenolic OH excluding ortho intramolecular Hbond substituents is 1. The largest absolute Gasteiger partial charge is 0.507 e. The minimum Gasteiger partial charge on any atom is -0.507 e. The fourth-order valence-electron chi connectivity index (χ4n) is 3.50. The third kappa shape index (κ3) is 2.49. The van der Waals surface area contributed by atoms with Gasteiger partial charge in [-0.3, -0.25) is 0 Å². The van der Waals surface area contributed by atoms with Gasteiger partial charge in [0.1, 0.15) is 17.1 Å². The number of nitrogens with two attached hydrogens (primary N) is 1. The lowest BCUT2D eigenvalue weighted by Crippen LogP contribution is -2.46. The van der Waals surface area contributed by atoms with Crippen molar-refractivity contribution in [3.63, 3.8) is 0 Å². The maximum Gasteiger partial charge on any atom is 0.127 e. The van der Waals surface area contributed by atoms with E-state index in [1.165, 1.54) is 0 Å². The summed E-state index contributed by atoms with van der Waals surface area (Å²) in [6.07, 6.45) is 1.70. The second-order valence-corrected chi connectivity index (χ2v) is 6.83. The van der Waals surface area contributed by atoms with E-state index >= 15 is 0 Å². The van der Waals surface area contributed by atoms with E-state index in [1.807, 2.05) is 39.0 Å². The molecule has 3 rings (SSSR count). The molecule has 1 heterocycles. The predicted octanol–water partition coefficient (Wildman–Crippen LogP) is 4.10. The summed E-state index contributed by atoms with van der Waals surface area (Å²) in [4.78, 5) is 0. The van der Waals surface area contributed by atoms with E-state index in [1.54, 1.807) is 0 Å². The molecule has 0 bridgehead atoms. The standard InChI is InChI=1S/C20H25NO2/c1-12-13(2)18-16(14(3)17(12)22)10-11-20(4,23-18)19(21)15-8-6-5-7-9-15/h5-9,19,22H,10-11,21H2,1-4H3. The van der Waals surface area contributed by atoms with Crippen molar-refractivity contribution >= 4 is 0 Å². The zero-order valence-corrected chi connectivity index (χ0v) is 14.3. The Balaban J connectivity index is 2.03. The van der Waals surface area contributed by atoms with Crippen LogP contribution >= 0.6 is 0 Å². The van der Waals surface area contributed by atoms with Gasteiger partial charge in [0.25, 0.3) is 0 Å². The van der Waals surface area contributed by atoms with Crippen molar-refractivity contribution in [2.45, 2.75) is 52.2 Å². The van der Waals surface area contributed by atoms with Gasteiger partial charge in [0.15, 0.2) is 0 Å². The fourth-order valence-corrected chi connectivity index (χ4v) is 3.50. The Bertz CT molecular complexity index is 739. The molecule has 0 aromatic heterocycles. The average molecular weight is 311 g/mol. The molecular weight excluding hydrogens is 286 g/mol. The Labute approximate surface area is 138 Å². The number of benzene rings is 2. The van der Waals surface area contributed by atoms with Crippen LogP contribution in [0.4, 0.5) is 0 Å². The summed E-state index contributed by atoms with van der Waals surface area (Å²) in [5, 5.41) is 10.3. The first kappa shape index (κ1) is 15.9. The van der Waals surface area contributed by atoms with E-state index in [0.717, 1.165) is 46.4 Å². The van der Waals surface area contributed by atoms with Crippen molar-refractivity contribution in [3.8, 4) is 11.5 Å². The molecule has 0 radical (unpaired) electrons. The lowest BCUT2D eigenvalue weighted by atomic mass is 9.81. The second kappa shape index (κ2) is 5.57. The molecule has 0 saturated carbocycles. The minimum absolute atomic E-state index is 0.189. The number of hydrogen-bond acceptors (Lipinski definition) is 3. The first-order valence-electron chi connectivity index (χ1n) is 8.16. The van der Waals surface area contributed by atoms with E-state index in [-0.39, 0.29) is 6.04 Å². The first-order valence-corrected chi connectivity index (χ1v) is 8.16. The summed E-state index contributed by atoms with van der Waals surface area (Å²) in [5.41, 5.74) is 11.1. The highest BCUT2D eigenvalue weighted by atomic mass is 16.5. The van der Waals surface area contributed by atoms with Crippen LogP contribution in [0.15, 0.2) is 30.3 Å². The normalized spacial score (nSPS) is 21.4. The molecule has 23 heavy (non-hydrogen) atoms. The van der Waals surface area contributed by atoms with Crippen LogP contribution < -0.4 is 10.5 Å². The van der Waals surface area contributed by atoms with E-state index < -0.39 is 5.60 Å². The molecule has 3 heteroatoms. The van der Waals surface area contributed by atoms with Gasteiger partial charge in [-0.05, 0) is 62.8 Å². The van der Waals surface area contributed by atoms with Gasteiger partial charge >= 0.3 is 0 Å². The summed E-state index contributed by atoms with van der Waals surface area (Å²) in [6, 6.07) is 9.92. The quantitative estimate of drug-likeness (QED) is 0.878. The van der Waals surface area contributed by atoms with E-state index in [2.05, 4.69) is 19.1 Å². The fraction of sp³-hybridized carbons (Fsp3) is 0.400. The molecule has 0 saturated heterocycles. The number of aromatic hydroxyl groups is 1. The molecule has 2 aromatic rings. The Kier molecular flexibility index (Phi) is 3.85. The predicted molar refractivity (Wildman–Crippen MR) is 93.0 cm³/mol. The maximum absolute atomic E-state index is 10.3. The van der Waals surface area contributed by atoms with Gasteiger partial charge in [-0.25, -0.2) is 0 Å². The van der Waals surface area contributed by atoms with Gasteiger partial charge in [0.2, 0.25) is 0 Å². The van der Waals surface area contributed by atoms with Crippen molar-refractivity contribution in [1.29, 1.82) is 0 Å². The molecule has 2 atom stereocenters. The van der Waals surface area contributed by atoms with Gasteiger partial charge < -0.3 is 15.6 Å². The lowest BCUT2D eigenvalue weighted by Gasteiger charge is -2.41. The molecule has 0 spiro atoms. The van der Waals surface area contributed by atoms with Crippen molar-refractivity contribution in [2.24, 2.45) is 5.73 Å². The highest BCUT2D eigenvalue weighted by Gasteiger charge is 2.40. The molecule has 1 aliphatic heterocycles. The number of rotatable bonds is 2. The van der Waals surface area contributed by atoms with Crippen LogP contribution in [0.5, 0.6) is 11.5 Å². The SMILES string of the molecule is Cc1c(C)c2c(c(C)c1O)CCC(C)(C(N)c1ccccc1)O2. The molecule has 2 aromatic carbocycles. The third-order valence-corrected chi connectivity index (χ3v) is 5.36. The van der Waals surface area contributed by atoms with Crippen LogP contribution in [0.3, 0.4) is 0 Å². The van der Waals surface area contributed by atoms with Gasteiger partial charge in [-0.15, -0.1) is 0 Å². The molecule has 1 aliphatic rings. The van der Waals surface area contributed by atoms with Gasteiger partial charge in [0.05, 0.1) is 6.04 Å². The molecule has 3 nitrogen and oxygen atoms in total. The smallest absolute Gasteiger partial charge is 0.127 e. The topological polar surface area (TPSA) is 55.5 Å². The van der Waals surface area contributed by atoms with Crippen LogP contribution in [0.1, 0.15) is 47.2 Å². The Morgan fingerprint density at radius 3 is 2.39 bits per heavy atom. The van der Waals surface area contributed by atoms with Crippen LogP contribution in [-0.4, -0.2) is 10.7 Å². The van der Waals surface area contributed by atoms with Crippen molar-refractivity contribution < 1.29 is 9.84 Å². The molecule has 0 aliphatic carbocycles. The Morgan fingerprint density at radius 1 is 1.09 bits per heavy atom. The van der Waals surface area contributed by atoms with Gasteiger partial charge in [-0.1, -0.05) is 30.3 Å². The number of phenols is 1. The lowest BCUT2D eigenvalue weighted by molar-refractivity contribution is 0.0369. The zero-order valence-electron chi connectivity index (χ0n) is 14.3. The zero-order chi connectivity index (χ0) is 16.8. The second-order valence-electron chi connectivity index (χ2n) is 6.83. The van der Waals surface area contributed by atoms with Gasteiger partial charge in [0, 0.05) is 5.56 Å². The van der Waals surface area contributed by atoms with E-state index in [9.17, 15) is 5.11 Å². The molecule has 3 N–H and O–H groups in total. The van der Waals surface area contributed by atoms with Crippen LogP contribution in [-0.2, 0) is 6.42 Å². The number of ether oxygens (including phenoxy) is 1. The molecule has 0 amide bonds. The summed E-state index contributed by atoms with van der Waals surface area (Å²) in [5.74, 6) is 1.29. The summed E-state index contributed by atoms with van der Waals surface area (Å²) >= 11 is 0. The molecule has 2 unspecified atom stereocenters.